The Labute approximate surface area is 127 Å². The molecule has 0 saturated carbocycles. The number of carbonyl (C=O) groups excluding carboxylic acids is 1. The van der Waals surface area contributed by atoms with Gasteiger partial charge in [-0.3, -0.25) is 4.79 Å². The number of amides is 1. The van der Waals surface area contributed by atoms with Gasteiger partial charge >= 0.3 is 0 Å². The molecule has 0 spiro atoms. The van der Waals surface area contributed by atoms with Gasteiger partial charge in [0.05, 0.1) is 0 Å². The standard InChI is InChI=1S/C16H17FN2OS/c1-16(15(18)20,11-6-8-14(21-2)9-7-11)19-13-5-3-4-12(17)10-13/h3-10,19H,1-2H3,(H2,18,20). The number of thioether (sulfide) groups is 1. The van der Waals surface area contributed by atoms with Crippen molar-refractivity contribution in [3.05, 3.63) is 59.9 Å². The van der Waals surface area contributed by atoms with E-state index in [1.54, 1.807) is 30.8 Å². The fraction of sp³-hybridized carbons (Fsp3) is 0.188. The maximum Gasteiger partial charge on any atom is 0.247 e. The van der Waals surface area contributed by atoms with Crippen LogP contribution in [0, 0.1) is 5.82 Å². The van der Waals surface area contributed by atoms with Crippen molar-refractivity contribution in [3.63, 3.8) is 0 Å². The largest absolute Gasteiger partial charge is 0.368 e. The minimum Gasteiger partial charge on any atom is -0.368 e. The Morgan fingerprint density at radius 3 is 2.43 bits per heavy atom. The van der Waals surface area contributed by atoms with Gasteiger partial charge in [0, 0.05) is 10.6 Å². The molecule has 0 aliphatic rings. The van der Waals surface area contributed by atoms with Gasteiger partial charge in [-0.1, -0.05) is 18.2 Å². The van der Waals surface area contributed by atoms with Crippen LogP contribution in [0.1, 0.15) is 12.5 Å². The molecule has 1 unspecified atom stereocenters. The lowest BCUT2D eigenvalue weighted by molar-refractivity contribution is -0.122. The maximum atomic E-state index is 13.3. The van der Waals surface area contributed by atoms with Crippen molar-refractivity contribution in [2.24, 2.45) is 5.73 Å². The number of hydrogen-bond acceptors (Lipinski definition) is 3. The summed E-state index contributed by atoms with van der Waals surface area (Å²) in [5.74, 6) is -0.895. The molecule has 5 heteroatoms. The van der Waals surface area contributed by atoms with Crippen LogP contribution in [0.25, 0.3) is 0 Å². The molecule has 110 valence electrons. The summed E-state index contributed by atoms with van der Waals surface area (Å²) in [4.78, 5) is 13.0. The molecule has 0 radical (unpaired) electrons. The van der Waals surface area contributed by atoms with E-state index < -0.39 is 11.4 Å². The summed E-state index contributed by atoms with van der Waals surface area (Å²) in [5, 5.41) is 3.03. The van der Waals surface area contributed by atoms with E-state index in [1.807, 2.05) is 30.5 Å². The van der Waals surface area contributed by atoms with Crippen LogP contribution in [0.5, 0.6) is 0 Å². The monoisotopic (exact) mass is 304 g/mol. The first kappa shape index (κ1) is 15.4. The summed E-state index contributed by atoms with van der Waals surface area (Å²) in [6, 6.07) is 13.5. The quantitative estimate of drug-likeness (QED) is 0.833. The molecule has 0 heterocycles. The van der Waals surface area contributed by atoms with Crippen molar-refractivity contribution in [2.75, 3.05) is 11.6 Å². The van der Waals surface area contributed by atoms with E-state index in [2.05, 4.69) is 5.32 Å². The highest BCUT2D eigenvalue weighted by Gasteiger charge is 2.33. The average Bonchev–Trinajstić information content (AvgIpc) is 2.47. The Morgan fingerprint density at radius 1 is 1.24 bits per heavy atom. The Hall–Kier alpha value is -2.01. The zero-order valence-corrected chi connectivity index (χ0v) is 12.7. The molecule has 21 heavy (non-hydrogen) atoms. The van der Waals surface area contributed by atoms with Gasteiger partial charge in [-0.05, 0) is 49.1 Å². The first-order valence-electron chi connectivity index (χ1n) is 6.44. The van der Waals surface area contributed by atoms with Crippen molar-refractivity contribution in [3.8, 4) is 0 Å². The summed E-state index contributed by atoms with van der Waals surface area (Å²) < 4.78 is 13.3. The molecule has 3 N–H and O–H groups in total. The van der Waals surface area contributed by atoms with E-state index in [9.17, 15) is 9.18 Å². The van der Waals surface area contributed by atoms with Gasteiger partial charge in [0.1, 0.15) is 11.4 Å². The predicted octanol–water partition coefficient (Wildman–Crippen LogP) is 3.36. The smallest absolute Gasteiger partial charge is 0.247 e. The van der Waals surface area contributed by atoms with Gasteiger partial charge in [-0.25, -0.2) is 4.39 Å². The first-order valence-corrected chi connectivity index (χ1v) is 7.66. The second-order valence-corrected chi connectivity index (χ2v) is 5.73. The van der Waals surface area contributed by atoms with E-state index >= 15 is 0 Å². The normalized spacial score (nSPS) is 13.5. The molecule has 1 atom stereocenters. The summed E-state index contributed by atoms with van der Waals surface area (Å²) in [5.41, 5.74) is 5.69. The minimum atomic E-state index is -1.11. The predicted molar refractivity (Wildman–Crippen MR) is 84.8 cm³/mol. The molecular weight excluding hydrogens is 287 g/mol. The van der Waals surface area contributed by atoms with E-state index in [-0.39, 0.29) is 5.82 Å². The number of nitrogens with two attached hydrogens (primary N) is 1. The third-order valence-corrected chi connectivity index (χ3v) is 4.12. The Balaban J connectivity index is 2.37. The third kappa shape index (κ3) is 3.36. The number of carbonyl (C=O) groups is 1. The van der Waals surface area contributed by atoms with Crippen molar-refractivity contribution in [1.82, 2.24) is 0 Å². The molecule has 0 fully saturated rings. The Bertz CT molecular complexity index is 645. The lowest BCUT2D eigenvalue weighted by Crippen LogP contribution is -2.45. The number of halogens is 1. The SMILES string of the molecule is CSc1ccc(C(C)(Nc2cccc(F)c2)C(N)=O)cc1. The van der Waals surface area contributed by atoms with Crippen LogP contribution >= 0.6 is 11.8 Å². The maximum absolute atomic E-state index is 13.3. The highest BCUT2D eigenvalue weighted by Crippen LogP contribution is 2.28. The first-order chi connectivity index (χ1) is 9.95. The van der Waals surface area contributed by atoms with E-state index in [1.165, 1.54) is 12.1 Å². The highest BCUT2D eigenvalue weighted by atomic mass is 32.2. The van der Waals surface area contributed by atoms with Crippen molar-refractivity contribution in [2.45, 2.75) is 17.4 Å². The summed E-state index contributed by atoms with van der Waals surface area (Å²) in [7, 11) is 0. The van der Waals surface area contributed by atoms with E-state index in [0.717, 1.165) is 10.5 Å². The van der Waals surface area contributed by atoms with Crippen molar-refractivity contribution < 1.29 is 9.18 Å². The van der Waals surface area contributed by atoms with Crippen molar-refractivity contribution in [1.29, 1.82) is 0 Å². The van der Waals surface area contributed by atoms with E-state index in [4.69, 9.17) is 5.73 Å². The van der Waals surface area contributed by atoms with Crippen LogP contribution in [-0.2, 0) is 10.3 Å². The molecule has 2 aromatic carbocycles. The van der Waals surface area contributed by atoms with Crippen LogP contribution < -0.4 is 11.1 Å². The molecule has 3 nitrogen and oxygen atoms in total. The average molecular weight is 304 g/mol. The number of nitrogens with one attached hydrogen (secondary N) is 1. The van der Waals surface area contributed by atoms with Crippen LogP contribution in [-0.4, -0.2) is 12.2 Å². The van der Waals surface area contributed by atoms with Gasteiger partial charge in [-0.2, -0.15) is 0 Å². The Morgan fingerprint density at radius 2 is 1.90 bits per heavy atom. The number of anilines is 1. The molecule has 0 aromatic heterocycles. The van der Waals surface area contributed by atoms with Gasteiger partial charge < -0.3 is 11.1 Å². The third-order valence-electron chi connectivity index (χ3n) is 3.38. The van der Waals surface area contributed by atoms with Gasteiger partial charge in [0.15, 0.2) is 0 Å². The molecule has 0 aliphatic carbocycles. The molecule has 2 aromatic rings. The minimum absolute atomic E-state index is 0.371. The molecular formula is C16H17FN2OS. The lowest BCUT2D eigenvalue weighted by atomic mass is 9.91. The van der Waals surface area contributed by atoms with E-state index in [0.29, 0.717) is 5.69 Å². The molecule has 1 amide bonds. The summed E-state index contributed by atoms with van der Waals surface area (Å²) in [6.45, 7) is 1.69. The molecule has 0 aliphatic heterocycles. The molecule has 0 saturated heterocycles. The van der Waals surface area contributed by atoms with Gasteiger partial charge in [0.25, 0.3) is 0 Å². The van der Waals surface area contributed by atoms with Crippen molar-refractivity contribution >= 4 is 23.4 Å². The summed E-state index contributed by atoms with van der Waals surface area (Å²) in [6.07, 6.45) is 1.98. The number of rotatable bonds is 5. The highest BCUT2D eigenvalue weighted by molar-refractivity contribution is 7.98. The molecule has 0 bridgehead atoms. The van der Waals surface area contributed by atoms with Crippen LogP contribution in [0.15, 0.2) is 53.4 Å². The fourth-order valence-corrected chi connectivity index (χ4v) is 2.46. The zero-order chi connectivity index (χ0) is 15.5. The second kappa shape index (κ2) is 6.18. The van der Waals surface area contributed by atoms with Crippen LogP contribution in [0.3, 0.4) is 0 Å². The number of benzene rings is 2. The fourth-order valence-electron chi connectivity index (χ4n) is 2.06. The second-order valence-electron chi connectivity index (χ2n) is 4.85. The van der Waals surface area contributed by atoms with Gasteiger partial charge in [-0.15, -0.1) is 11.8 Å². The number of hydrogen-bond donors (Lipinski definition) is 2. The Kier molecular flexibility index (Phi) is 4.53. The lowest BCUT2D eigenvalue weighted by Gasteiger charge is -2.29. The summed E-state index contributed by atoms with van der Waals surface area (Å²) >= 11 is 1.62. The number of primary amides is 1. The van der Waals surface area contributed by atoms with Gasteiger partial charge in [0.2, 0.25) is 5.91 Å². The van der Waals surface area contributed by atoms with Crippen LogP contribution in [0.2, 0.25) is 0 Å². The zero-order valence-electron chi connectivity index (χ0n) is 11.9. The van der Waals surface area contributed by atoms with Crippen LogP contribution in [0.4, 0.5) is 10.1 Å². The topological polar surface area (TPSA) is 55.1 Å². The molecule has 2 rings (SSSR count).